The van der Waals surface area contributed by atoms with Gasteiger partial charge in [0.1, 0.15) is 22.5 Å². The van der Waals surface area contributed by atoms with E-state index in [1.165, 1.54) is 20.3 Å². The maximum absolute atomic E-state index is 14.6. The van der Waals surface area contributed by atoms with Crippen LogP contribution in [-0.4, -0.2) is 104 Å². The number of carbonyl (C=O) groups is 2. The average molecular weight is 805 g/mol. The number of anilines is 1. The molecule has 14 nitrogen and oxygen atoms in total. The predicted octanol–water partition coefficient (Wildman–Crippen LogP) is 4.32. The molecule has 2 aromatic carbocycles. The highest BCUT2D eigenvalue weighted by atomic mass is 16.7. The lowest BCUT2D eigenvalue weighted by Crippen LogP contribution is -2.50. The van der Waals surface area contributed by atoms with Gasteiger partial charge in [0.15, 0.2) is 11.4 Å². The summed E-state index contributed by atoms with van der Waals surface area (Å²) in [6.45, 7) is 19.4. The highest BCUT2D eigenvalue weighted by Gasteiger charge is 2.50. The number of benzene rings is 2. The Morgan fingerprint density at radius 2 is 1.48 bits per heavy atom. The Morgan fingerprint density at radius 3 is 2.10 bits per heavy atom. The molecule has 1 amide bonds. The van der Waals surface area contributed by atoms with Crippen LogP contribution in [0.2, 0.25) is 0 Å². The number of nitrogens with zero attached hydrogens (tertiary/aromatic N) is 3. The summed E-state index contributed by atoms with van der Waals surface area (Å²) in [6.07, 6.45) is 4.92. The van der Waals surface area contributed by atoms with Gasteiger partial charge in [-0.05, 0) is 40.7 Å². The third-order valence-corrected chi connectivity index (χ3v) is 12.9. The molecule has 4 aliphatic rings. The zero-order valence-electron chi connectivity index (χ0n) is 35.5. The monoisotopic (exact) mass is 804 g/mol. The van der Waals surface area contributed by atoms with E-state index in [-0.39, 0.29) is 60.9 Å². The summed E-state index contributed by atoms with van der Waals surface area (Å²) in [4.78, 5) is 41.1. The lowest BCUT2D eigenvalue weighted by atomic mass is 9.78. The van der Waals surface area contributed by atoms with Crippen molar-refractivity contribution in [2.24, 2.45) is 33.7 Å². The van der Waals surface area contributed by atoms with Crippen LogP contribution < -0.4 is 20.8 Å². The number of aliphatic hydroxyl groups excluding tert-OH is 3. The third kappa shape index (κ3) is 7.42. The Kier molecular flexibility index (Phi) is 11.7. The maximum atomic E-state index is 14.6. The Balaban J connectivity index is 1.55. The molecular weight excluding hydrogens is 745 g/mol. The fourth-order valence-corrected chi connectivity index (χ4v) is 8.73. The zero-order chi connectivity index (χ0) is 42.8. The number of phenolic OH excluding ortho intramolecular Hbond substituents is 2. The van der Waals surface area contributed by atoms with E-state index in [2.05, 4.69) is 31.0 Å². The molecule has 14 heteroatoms. The molecule has 58 heavy (non-hydrogen) atoms. The number of likely N-dealkylation sites (tertiary alicyclic amines) is 1. The van der Waals surface area contributed by atoms with E-state index in [4.69, 9.17) is 24.2 Å². The first-order chi connectivity index (χ1) is 27.1. The van der Waals surface area contributed by atoms with Crippen molar-refractivity contribution in [2.75, 3.05) is 25.5 Å². The first-order valence-electron chi connectivity index (χ1n) is 20.2. The molecule has 1 fully saturated rings. The lowest BCUT2D eigenvalue weighted by Gasteiger charge is -2.42. The fraction of sp³-hybridized carbons (Fsp3) is 0.591. The standard InChI is InChI=1S/C44H60N4O10/c1-21-13-12-14-22(2)41(55)45-33-32-31(46-44(47-32)16-18-48(19-17-44)42(7,8)9)28-29(38(33)53)37(52)26(6)39-30(28)40(54)43(10,58-39)57-20-15-27(56-11)23(3)35(50)25(5)36(51)24(4)34(21)49/h12-15,20-21,23-25,27,34-36,49-53H,16-19H2,1-11H3,(H,45,55)/b13-12+,20-15+,22-14+/t21-,23+,24+,25-,27-,34-,35+,36+,43-/m0/s1. The third-order valence-electron chi connectivity index (χ3n) is 12.9. The second-order valence-corrected chi connectivity index (χ2v) is 17.8. The van der Waals surface area contributed by atoms with E-state index in [1.54, 1.807) is 65.8 Å². The Labute approximate surface area is 339 Å². The van der Waals surface area contributed by atoms with Crippen LogP contribution in [0.1, 0.15) is 91.1 Å². The molecule has 1 spiro atoms. The highest BCUT2D eigenvalue weighted by molar-refractivity contribution is 6.19. The summed E-state index contributed by atoms with van der Waals surface area (Å²) in [5.41, 5.74) is -0.635. The molecule has 9 atom stereocenters. The molecule has 4 bridgehead atoms. The lowest BCUT2D eigenvalue weighted by molar-refractivity contribution is -0.112. The molecule has 6 rings (SSSR count). The number of ketones is 1. The van der Waals surface area contributed by atoms with Gasteiger partial charge in [-0.2, -0.15) is 0 Å². The molecule has 0 unspecified atom stereocenters. The van der Waals surface area contributed by atoms with E-state index in [1.807, 2.05) is 0 Å². The summed E-state index contributed by atoms with van der Waals surface area (Å²) in [5.74, 6) is -6.21. The second-order valence-electron chi connectivity index (χ2n) is 17.8. The van der Waals surface area contributed by atoms with Gasteiger partial charge >= 0.3 is 5.79 Å². The zero-order valence-corrected chi connectivity index (χ0v) is 35.5. The van der Waals surface area contributed by atoms with Crippen molar-refractivity contribution in [3.8, 4) is 17.2 Å². The van der Waals surface area contributed by atoms with Gasteiger partial charge < -0.3 is 45.1 Å². The normalized spacial score (nSPS) is 34.1. The van der Waals surface area contributed by atoms with Gasteiger partial charge in [0, 0.05) is 85.7 Å². The number of aromatic hydroxyl groups is 2. The number of hydrogen-bond acceptors (Lipinski definition) is 13. The first kappa shape index (κ1) is 43.2. The van der Waals surface area contributed by atoms with E-state index in [0.29, 0.717) is 25.9 Å². The van der Waals surface area contributed by atoms with Crippen LogP contribution in [0.4, 0.5) is 5.69 Å². The minimum atomic E-state index is -1.93. The number of rotatable bonds is 1. The van der Waals surface area contributed by atoms with Gasteiger partial charge in [-0.1, -0.05) is 45.9 Å². The molecule has 2 aromatic rings. The van der Waals surface area contributed by atoms with Gasteiger partial charge in [-0.25, -0.2) is 0 Å². The van der Waals surface area contributed by atoms with Crippen LogP contribution in [0.15, 0.2) is 46.1 Å². The quantitative estimate of drug-likeness (QED) is 0.224. The molecule has 1 saturated heterocycles. The molecule has 6 N–H and O–H groups in total. The van der Waals surface area contributed by atoms with Crippen LogP contribution in [-0.2, 0) is 14.3 Å². The molecule has 0 saturated carbocycles. The fourth-order valence-electron chi connectivity index (χ4n) is 8.73. The van der Waals surface area contributed by atoms with Gasteiger partial charge in [0.25, 0.3) is 11.7 Å². The minimum Gasteiger partial charge on any atom is -0.507 e. The number of hydrogen-bond donors (Lipinski definition) is 6. The number of allylic oxidation sites excluding steroid dienone is 2. The van der Waals surface area contributed by atoms with Crippen molar-refractivity contribution in [1.29, 1.82) is 0 Å². The van der Waals surface area contributed by atoms with E-state index in [9.17, 15) is 35.1 Å². The average Bonchev–Trinajstić information content (AvgIpc) is 3.67. The number of nitrogens with one attached hydrogen (secondary N) is 1. The maximum Gasteiger partial charge on any atom is 0.312 e. The Morgan fingerprint density at radius 1 is 0.879 bits per heavy atom. The number of phenols is 2. The van der Waals surface area contributed by atoms with Crippen molar-refractivity contribution in [3.63, 3.8) is 0 Å². The first-order valence-corrected chi connectivity index (χ1v) is 20.2. The van der Waals surface area contributed by atoms with Crippen LogP contribution >= 0.6 is 0 Å². The minimum absolute atomic E-state index is 0.0461. The topological polar surface area (TPSA) is 203 Å². The molecule has 4 heterocycles. The molecular formula is C44H60N4O10. The molecule has 0 aromatic heterocycles. The SMILES string of the molecule is CO[C@H]1/C=C/O[C@@]2(C)Oc3c(C)c(O)c4c(O)c(c5c(c4c3C2=O)=NC2(CCN(C(C)(C)C)CC2)N=5)NC(=O)/C(C)=C/C=C/[C@H](C)[C@H](O)[C@@H](C)[C@@H](O)[C@@H](C)[C@H](O)[C@@H]1C. The molecule has 0 radical (unpaired) electrons. The number of fused-ring (bicyclic) bond motifs is 1. The largest absolute Gasteiger partial charge is 0.507 e. The van der Waals surface area contributed by atoms with Crippen molar-refractivity contribution in [1.82, 2.24) is 4.90 Å². The van der Waals surface area contributed by atoms with E-state index in [0.717, 1.165) is 0 Å². The molecule has 316 valence electrons. The highest BCUT2D eigenvalue weighted by Crippen LogP contribution is 2.50. The second kappa shape index (κ2) is 15.7. The van der Waals surface area contributed by atoms with Gasteiger partial charge in [-0.3, -0.25) is 24.5 Å². The van der Waals surface area contributed by atoms with Gasteiger partial charge in [0.2, 0.25) is 0 Å². The molecule has 4 aliphatic heterocycles. The van der Waals surface area contributed by atoms with Crippen molar-refractivity contribution < 1.29 is 49.3 Å². The van der Waals surface area contributed by atoms with E-state index >= 15 is 0 Å². The number of ether oxygens (including phenoxy) is 3. The number of piperidine rings is 1. The summed E-state index contributed by atoms with van der Waals surface area (Å²) in [5, 5.41) is 61.1. The van der Waals surface area contributed by atoms with Crippen LogP contribution in [0.5, 0.6) is 17.2 Å². The number of Topliss-reactive ketones (excluding diaryl/α,β-unsaturated/α-hetero) is 1. The van der Waals surface area contributed by atoms with Crippen LogP contribution in [0, 0.1) is 30.6 Å². The smallest absolute Gasteiger partial charge is 0.312 e. The predicted molar refractivity (Wildman–Crippen MR) is 218 cm³/mol. The van der Waals surface area contributed by atoms with Crippen LogP contribution in [0.3, 0.4) is 0 Å². The summed E-state index contributed by atoms with van der Waals surface area (Å²) in [6, 6.07) is 0. The van der Waals surface area contributed by atoms with Crippen molar-refractivity contribution >= 4 is 28.2 Å². The Bertz CT molecular complexity index is 2200. The van der Waals surface area contributed by atoms with Crippen LogP contribution in [0.25, 0.3) is 10.8 Å². The number of amides is 1. The van der Waals surface area contributed by atoms with Gasteiger partial charge in [-0.15, -0.1) is 0 Å². The Hall–Kier alpha value is -4.34. The molecule has 0 aliphatic carbocycles. The van der Waals surface area contributed by atoms with Gasteiger partial charge in [0.05, 0.1) is 47.0 Å². The summed E-state index contributed by atoms with van der Waals surface area (Å²) < 4.78 is 18.0. The number of carbonyl (C=O) groups excluding carboxylic acids is 2. The number of aliphatic hydroxyl groups is 3. The van der Waals surface area contributed by atoms with E-state index < -0.39 is 77.0 Å². The van der Waals surface area contributed by atoms with Crippen molar-refractivity contribution in [2.45, 2.75) is 123 Å². The summed E-state index contributed by atoms with van der Waals surface area (Å²) >= 11 is 0. The van der Waals surface area contributed by atoms with Crippen molar-refractivity contribution in [3.05, 3.63) is 58.0 Å². The number of methoxy groups -OCH3 is 1. The summed E-state index contributed by atoms with van der Waals surface area (Å²) in [7, 11) is 1.47.